The predicted octanol–water partition coefficient (Wildman–Crippen LogP) is 2.17. The Hall–Kier alpha value is -2.30. The number of nitrogens with one attached hydrogen (secondary N) is 1. The summed E-state index contributed by atoms with van der Waals surface area (Å²) in [6.07, 6.45) is 2.63. The Morgan fingerprint density at radius 2 is 2.09 bits per heavy atom. The molecule has 1 amide bonds. The molecule has 1 aliphatic rings. The molecular weight excluding hydrogens is 282 g/mol. The van der Waals surface area contributed by atoms with Crippen LogP contribution in [-0.4, -0.2) is 31.6 Å². The highest BCUT2D eigenvalue weighted by atomic mass is 16.5. The highest BCUT2D eigenvalue weighted by molar-refractivity contribution is 5.96. The SMILES string of the molecule is CC(C)CCNC(=O)COC(=O)C1=Cc2ccccc2OC1. The van der Waals surface area contributed by atoms with E-state index in [1.807, 2.05) is 24.3 Å². The molecule has 5 heteroatoms. The van der Waals surface area contributed by atoms with Gasteiger partial charge in [0.15, 0.2) is 6.61 Å². The molecular formula is C17H21NO4. The molecule has 0 unspecified atom stereocenters. The summed E-state index contributed by atoms with van der Waals surface area (Å²) in [5.74, 6) is 0.457. The Bertz CT molecular complexity index is 578. The van der Waals surface area contributed by atoms with Crippen LogP contribution in [0, 0.1) is 5.92 Å². The van der Waals surface area contributed by atoms with E-state index in [4.69, 9.17) is 9.47 Å². The van der Waals surface area contributed by atoms with Crippen molar-refractivity contribution in [3.8, 4) is 5.75 Å². The van der Waals surface area contributed by atoms with Crippen LogP contribution in [0.3, 0.4) is 0 Å². The molecule has 22 heavy (non-hydrogen) atoms. The number of benzene rings is 1. The van der Waals surface area contributed by atoms with Gasteiger partial charge in [-0.2, -0.15) is 0 Å². The number of para-hydroxylation sites is 1. The minimum Gasteiger partial charge on any atom is -0.488 e. The van der Waals surface area contributed by atoms with Gasteiger partial charge in [-0.15, -0.1) is 0 Å². The second kappa shape index (κ2) is 7.64. The van der Waals surface area contributed by atoms with Crippen LogP contribution >= 0.6 is 0 Å². The van der Waals surface area contributed by atoms with E-state index in [1.165, 1.54) is 0 Å². The lowest BCUT2D eigenvalue weighted by atomic mass is 10.1. The summed E-state index contributed by atoms with van der Waals surface area (Å²) in [7, 11) is 0. The van der Waals surface area contributed by atoms with Gasteiger partial charge in [0.1, 0.15) is 12.4 Å². The lowest BCUT2D eigenvalue weighted by Crippen LogP contribution is -2.31. The van der Waals surface area contributed by atoms with Crippen molar-refractivity contribution in [2.24, 2.45) is 5.92 Å². The summed E-state index contributed by atoms with van der Waals surface area (Å²) < 4.78 is 10.5. The van der Waals surface area contributed by atoms with Gasteiger partial charge in [0, 0.05) is 12.1 Å². The zero-order chi connectivity index (χ0) is 15.9. The number of esters is 1. The van der Waals surface area contributed by atoms with Gasteiger partial charge in [0.2, 0.25) is 0 Å². The monoisotopic (exact) mass is 303 g/mol. The Morgan fingerprint density at radius 1 is 1.32 bits per heavy atom. The van der Waals surface area contributed by atoms with Crippen molar-refractivity contribution in [2.45, 2.75) is 20.3 Å². The number of amides is 1. The third-order valence-electron chi connectivity index (χ3n) is 3.27. The van der Waals surface area contributed by atoms with Crippen LogP contribution in [0.15, 0.2) is 29.8 Å². The van der Waals surface area contributed by atoms with Crippen LogP contribution in [0.4, 0.5) is 0 Å². The van der Waals surface area contributed by atoms with Gasteiger partial charge in [0.05, 0.1) is 5.57 Å². The van der Waals surface area contributed by atoms with Crippen molar-refractivity contribution in [1.82, 2.24) is 5.32 Å². The van der Waals surface area contributed by atoms with Crippen molar-refractivity contribution in [3.63, 3.8) is 0 Å². The Morgan fingerprint density at radius 3 is 2.86 bits per heavy atom. The Kier molecular flexibility index (Phi) is 5.58. The van der Waals surface area contributed by atoms with Gasteiger partial charge in [-0.3, -0.25) is 4.79 Å². The molecule has 0 aliphatic carbocycles. The molecule has 2 rings (SSSR count). The molecule has 1 aliphatic heterocycles. The molecule has 0 saturated heterocycles. The van der Waals surface area contributed by atoms with Gasteiger partial charge in [0.25, 0.3) is 5.91 Å². The van der Waals surface area contributed by atoms with Gasteiger partial charge in [-0.1, -0.05) is 32.0 Å². The van der Waals surface area contributed by atoms with Gasteiger partial charge in [-0.05, 0) is 24.5 Å². The predicted molar refractivity (Wildman–Crippen MR) is 83.3 cm³/mol. The van der Waals surface area contributed by atoms with Crippen molar-refractivity contribution in [1.29, 1.82) is 0 Å². The molecule has 1 heterocycles. The quantitative estimate of drug-likeness (QED) is 0.818. The highest BCUT2D eigenvalue weighted by Crippen LogP contribution is 2.25. The molecule has 0 aromatic heterocycles. The van der Waals surface area contributed by atoms with Crippen LogP contribution in [-0.2, 0) is 14.3 Å². The maximum atomic E-state index is 11.9. The zero-order valence-corrected chi connectivity index (χ0v) is 12.9. The molecule has 0 spiro atoms. The fourth-order valence-corrected chi connectivity index (χ4v) is 2.01. The van der Waals surface area contributed by atoms with Crippen LogP contribution < -0.4 is 10.1 Å². The van der Waals surface area contributed by atoms with Crippen molar-refractivity contribution >= 4 is 18.0 Å². The first kappa shape index (κ1) is 16.1. The van der Waals surface area contributed by atoms with Crippen LogP contribution in [0.1, 0.15) is 25.8 Å². The fraction of sp³-hybridized carbons (Fsp3) is 0.412. The van der Waals surface area contributed by atoms with Crippen LogP contribution in [0.25, 0.3) is 6.08 Å². The maximum Gasteiger partial charge on any atom is 0.338 e. The van der Waals surface area contributed by atoms with E-state index in [2.05, 4.69) is 19.2 Å². The van der Waals surface area contributed by atoms with Crippen molar-refractivity contribution in [3.05, 3.63) is 35.4 Å². The molecule has 0 saturated carbocycles. The largest absolute Gasteiger partial charge is 0.488 e. The van der Waals surface area contributed by atoms with E-state index in [-0.39, 0.29) is 19.1 Å². The summed E-state index contributed by atoms with van der Waals surface area (Å²) in [5.41, 5.74) is 1.25. The molecule has 118 valence electrons. The average Bonchev–Trinajstić information content (AvgIpc) is 2.51. The highest BCUT2D eigenvalue weighted by Gasteiger charge is 2.18. The van der Waals surface area contributed by atoms with Gasteiger partial charge >= 0.3 is 5.97 Å². The minimum atomic E-state index is -0.520. The van der Waals surface area contributed by atoms with Crippen LogP contribution in [0.2, 0.25) is 0 Å². The first-order chi connectivity index (χ1) is 10.6. The van der Waals surface area contributed by atoms with E-state index < -0.39 is 5.97 Å². The van der Waals surface area contributed by atoms with E-state index >= 15 is 0 Å². The van der Waals surface area contributed by atoms with E-state index in [0.29, 0.717) is 18.0 Å². The Labute approximate surface area is 130 Å². The third-order valence-corrected chi connectivity index (χ3v) is 3.27. The molecule has 0 radical (unpaired) electrons. The molecule has 1 aromatic carbocycles. The molecule has 0 bridgehead atoms. The van der Waals surface area contributed by atoms with E-state index in [1.54, 1.807) is 6.08 Å². The standard InChI is InChI=1S/C17H21NO4/c1-12(2)7-8-18-16(19)11-22-17(20)14-9-13-5-3-4-6-15(13)21-10-14/h3-6,9,12H,7-8,10-11H2,1-2H3,(H,18,19). The van der Waals surface area contributed by atoms with Gasteiger partial charge < -0.3 is 14.8 Å². The molecule has 0 atom stereocenters. The van der Waals surface area contributed by atoms with Crippen LogP contribution in [0.5, 0.6) is 5.75 Å². The fourth-order valence-electron chi connectivity index (χ4n) is 2.01. The molecule has 0 fully saturated rings. The number of carbonyl (C=O) groups is 2. The Balaban J connectivity index is 1.81. The first-order valence-corrected chi connectivity index (χ1v) is 7.42. The van der Waals surface area contributed by atoms with E-state index in [0.717, 1.165) is 17.7 Å². The van der Waals surface area contributed by atoms with Crippen molar-refractivity contribution < 1.29 is 19.1 Å². The minimum absolute atomic E-state index is 0.158. The summed E-state index contributed by atoms with van der Waals surface area (Å²) in [6, 6.07) is 7.45. The third kappa shape index (κ3) is 4.62. The summed E-state index contributed by atoms with van der Waals surface area (Å²) in [4.78, 5) is 23.5. The lowest BCUT2D eigenvalue weighted by molar-refractivity contribution is -0.145. The van der Waals surface area contributed by atoms with Gasteiger partial charge in [-0.25, -0.2) is 4.79 Å². The second-order valence-electron chi connectivity index (χ2n) is 5.60. The first-order valence-electron chi connectivity index (χ1n) is 7.42. The average molecular weight is 303 g/mol. The summed E-state index contributed by atoms with van der Waals surface area (Å²) in [6.45, 7) is 4.65. The van der Waals surface area contributed by atoms with E-state index in [9.17, 15) is 9.59 Å². The number of hydrogen-bond acceptors (Lipinski definition) is 4. The number of rotatable bonds is 6. The maximum absolute atomic E-state index is 11.9. The zero-order valence-electron chi connectivity index (χ0n) is 12.9. The summed E-state index contributed by atoms with van der Waals surface area (Å²) in [5, 5.41) is 2.72. The number of hydrogen-bond donors (Lipinski definition) is 1. The molecule has 1 N–H and O–H groups in total. The summed E-state index contributed by atoms with van der Waals surface area (Å²) >= 11 is 0. The molecule has 5 nitrogen and oxygen atoms in total. The smallest absolute Gasteiger partial charge is 0.338 e. The lowest BCUT2D eigenvalue weighted by Gasteiger charge is -2.16. The van der Waals surface area contributed by atoms with Crippen molar-refractivity contribution in [2.75, 3.05) is 19.8 Å². The number of fused-ring (bicyclic) bond motifs is 1. The normalized spacial score (nSPS) is 13.0. The number of ether oxygens (including phenoxy) is 2. The second-order valence-corrected chi connectivity index (χ2v) is 5.60. The molecule has 1 aromatic rings. The topological polar surface area (TPSA) is 64.6 Å². The number of carbonyl (C=O) groups excluding carboxylic acids is 2.